The Morgan fingerprint density at radius 3 is 1.23 bits per heavy atom. The third-order valence-corrected chi connectivity index (χ3v) is 6.22. The van der Waals surface area contributed by atoms with Gasteiger partial charge in [-0.15, -0.1) is 0 Å². The number of benzene rings is 1. The topological polar surface area (TPSA) is 55.4 Å². The highest BCUT2D eigenvalue weighted by Gasteiger charge is 2.09. The van der Waals surface area contributed by atoms with Crippen LogP contribution in [0.5, 0.6) is 0 Å². The number of hydrogen-bond donors (Lipinski definition) is 1. The van der Waals surface area contributed by atoms with Crippen LogP contribution in [-0.4, -0.2) is 109 Å². The second kappa shape index (κ2) is 75.0. The van der Waals surface area contributed by atoms with Crippen LogP contribution in [0.15, 0.2) is 30.3 Å². The van der Waals surface area contributed by atoms with Crippen molar-refractivity contribution in [2.75, 3.05) is 99.2 Å². The third kappa shape index (κ3) is 70.5. The molecule has 0 unspecified atom stereocenters. The fraction of sp³-hybridized carbons (Fsp3) is 0.867. The molecule has 0 spiro atoms. The van der Waals surface area contributed by atoms with Crippen molar-refractivity contribution in [3.8, 4) is 0 Å². The van der Waals surface area contributed by atoms with E-state index in [9.17, 15) is 0 Å². The van der Waals surface area contributed by atoms with E-state index in [-0.39, 0.29) is 0 Å². The molecule has 3 rings (SSSR count). The van der Waals surface area contributed by atoms with E-state index >= 15 is 0 Å². The highest BCUT2D eigenvalue weighted by molar-refractivity contribution is 5.14. The first-order chi connectivity index (χ1) is 25.5. The Kier molecular flexibility index (Phi) is 94.9. The number of methoxy groups -OCH3 is 1. The van der Waals surface area contributed by atoms with Gasteiger partial charge in [-0.2, -0.15) is 0 Å². The zero-order valence-corrected chi connectivity index (χ0v) is 39.0. The summed E-state index contributed by atoms with van der Waals surface area (Å²) in [6.45, 7) is 47.7. The molecular weight excluding hydrogens is 647 g/mol. The average Bonchev–Trinajstić information content (AvgIpc) is 3.74. The summed E-state index contributed by atoms with van der Waals surface area (Å²) in [6.07, 6.45) is 9.44. The maximum Gasteiger partial charge on any atom is 0.0593 e. The number of hydrogen-bond acceptors (Lipinski definition) is 7. The summed E-state index contributed by atoms with van der Waals surface area (Å²) in [4.78, 5) is 4.95. The molecule has 2 heterocycles. The Labute approximate surface area is 330 Å². The Hall–Kier alpha value is -1.06. The van der Waals surface area contributed by atoms with Crippen LogP contribution >= 0.6 is 0 Å². The number of ether oxygens (including phenoxy) is 4. The largest absolute Gasteiger partial charge is 0.383 e. The lowest BCUT2D eigenvalue weighted by molar-refractivity contribution is 0.105. The highest BCUT2D eigenvalue weighted by Crippen LogP contribution is 2.07. The molecule has 52 heavy (non-hydrogen) atoms. The minimum Gasteiger partial charge on any atom is -0.383 e. The smallest absolute Gasteiger partial charge is 0.0593 e. The van der Waals surface area contributed by atoms with Crippen LogP contribution in [0.25, 0.3) is 0 Å². The second-order valence-corrected chi connectivity index (χ2v) is 10.7. The molecule has 1 aromatic carbocycles. The summed E-state index contributed by atoms with van der Waals surface area (Å²) in [5.41, 5.74) is 1.32. The van der Waals surface area contributed by atoms with E-state index in [1.165, 1.54) is 76.7 Å². The van der Waals surface area contributed by atoms with E-state index in [1.54, 1.807) is 7.11 Å². The fourth-order valence-corrected chi connectivity index (χ4v) is 4.07. The first kappa shape index (κ1) is 65.8. The van der Waals surface area contributed by atoms with Gasteiger partial charge in [-0.3, -0.25) is 0 Å². The monoisotopic (exact) mass is 748 g/mol. The van der Waals surface area contributed by atoms with Gasteiger partial charge >= 0.3 is 0 Å². The molecule has 0 saturated carbocycles. The molecule has 0 aromatic heterocycles. The molecule has 0 aliphatic carbocycles. The number of likely N-dealkylation sites (tertiary alicyclic amines) is 2. The molecule has 0 atom stereocenters. The van der Waals surface area contributed by atoms with E-state index in [4.69, 9.17) is 18.9 Å². The molecule has 7 nitrogen and oxygen atoms in total. The minimum absolute atomic E-state index is 0.795. The lowest BCUT2D eigenvalue weighted by atomic mass is 10.1. The van der Waals surface area contributed by atoms with E-state index in [0.29, 0.717) is 0 Å². The quantitative estimate of drug-likeness (QED) is 0.179. The van der Waals surface area contributed by atoms with Gasteiger partial charge in [0.15, 0.2) is 0 Å². The summed E-state index contributed by atoms with van der Waals surface area (Å²) in [6, 6.07) is 10.4. The number of nitrogens with zero attached hydrogens (tertiary/aromatic N) is 2. The fourth-order valence-electron chi connectivity index (χ4n) is 4.07. The maximum atomic E-state index is 5.29. The van der Waals surface area contributed by atoms with Crippen LogP contribution in [0.4, 0.5) is 0 Å². The lowest BCUT2D eigenvalue weighted by Crippen LogP contribution is -2.32. The van der Waals surface area contributed by atoms with E-state index in [0.717, 1.165) is 72.4 Å². The van der Waals surface area contributed by atoms with Gasteiger partial charge < -0.3 is 34.1 Å². The summed E-state index contributed by atoms with van der Waals surface area (Å²) >= 11 is 0. The van der Waals surface area contributed by atoms with Crippen molar-refractivity contribution < 1.29 is 18.9 Å². The third-order valence-electron chi connectivity index (χ3n) is 6.22. The van der Waals surface area contributed by atoms with Crippen molar-refractivity contribution in [2.24, 2.45) is 0 Å². The van der Waals surface area contributed by atoms with Crippen molar-refractivity contribution >= 4 is 0 Å². The Morgan fingerprint density at radius 2 is 0.865 bits per heavy atom. The summed E-state index contributed by atoms with van der Waals surface area (Å²) in [5, 5.41) is 3.31. The normalized spacial score (nSPS) is 12.5. The zero-order valence-electron chi connectivity index (χ0n) is 39.0. The maximum absolute atomic E-state index is 5.29. The first-order valence-electron chi connectivity index (χ1n) is 22.0. The van der Waals surface area contributed by atoms with Crippen LogP contribution < -0.4 is 5.32 Å². The van der Waals surface area contributed by atoms with Gasteiger partial charge in [0.2, 0.25) is 0 Å². The van der Waals surface area contributed by atoms with E-state index in [2.05, 4.69) is 74.0 Å². The molecule has 1 N–H and O–H groups in total. The first-order valence-corrected chi connectivity index (χ1v) is 22.0. The van der Waals surface area contributed by atoms with Gasteiger partial charge in [0.05, 0.1) is 19.8 Å². The molecule has 2 aliphatic heterocycles. The number of nitrogens with one attached hydrogen (secondary N) is 1. The lowest BCUT2D eigenvalue weighted by Gasteiger charge is -2.25. The molecule has 0 radical (unpaired) electrons. The molecule has 2 aliphatic rings. The van der Waals surface area contributed by atoms with Crippen LogP contribution in [0.3, 0.4) is 0 Å². The predicted molar refractivity (Wildman–Crippen MR) is 238 cm³/mol. The van der Waals surface area contributed by atoms with Gasteiger partial charge in [0.25, 0.3) is 0 Å². The van der Waals surface area contributed by atoms with Crippen molar-refractivity contribution in [2.45, 2.75) is 162 Å². The highest BCUT2D eigenvalue weighted by atomic mass is 16.5. The number of piperidine rings is 1. The van der Waals surface area contributed by atoms with Gasteiger partial charge in [-0.05, 0) is 85.1 Å². The van der Waals surface area contributed by atoms with Gasteiger partial charge in [0.1, 0.15) is 0 Å². The zero-order chi connectivity index (χ0) is 41.4. The molecule has 320 valence electrons. The van der Waals surface area contributed by atoms with E-state index < -0.39 is 0 Å². The second-order valence-electron chi connectivity index (χ2n) is 10.7. The van der Waals surface area contributed by atoms with Crippen molar-refractivity contribution in [3.05, 3.63) is 35.9 Å². The van der Waals surface area contributed by atoms with Gasteiger partial charge in [0, 0.05) is 59.7 Å². The summed E-state index contributed by atoms with van der Waals surface area (Å²) < 4.78 is 20.3. The predicted octanol–water partition coefficient (Wildman–Crippen LogP) is 12.0. The SMILES string of the molecule is CC.CC.CC.CC.CCC.CCC.CCOCC.CCOCCN1CCCCC1.CCOCCNCc1ccccc1.COCCN1CCCC1. The summed E-state index contributed by atoms with van der Waals surface area (Å²) in [7, 11) is 1.76. The van der Waals surface area contributed by atoms with Gasteiger partial charge in [-0.25, -0.2) is 0 Å². The minimum atomic E-state index is 0.795. The molecule has 2 saturated heterocycles. The molecule has 2 fully saturated rings. The summed E-state index contributed by atoms with van der Waals surface area (Å²) in [5.74, 6) is 0. The Bertz CT molecular complexity index is 581. The van der Waals surface area contributed by atoms with Crippen molar-refractivity contribution in [1.29, 1.82) is 0 Å². The molecule has 7 heteroatoms. The number of rotatable bonds is 15. The van der Waals surface area contributed by atoms with Crippen molar-refractivity contribution in [3.63, 3.8) is 0 Å². The van der Waals surface area contributed by atoms with Gasteiger partial charge in [-0.1, -0.05) is 133 Å². The standard InChI is InChI=1S/C11H17NO.C9H19NO.C7H15NO.C4H10O.2C3H8.4C2H6/c1-2-13-9-8-12-10-11-6-4-3-5-7-11;1-2-11-9-8-10-6-4-3-5-7-10;1-9-7-6-8-4-2-3-5-8;1-3-5-4-2;2*1-3-2;4*1-2/h3-7,12H,2,8-10H2,1H3;2-9H2,1H3;2-7H2,1H3;3-4H2,1-2H3;2*3H2,1-2H3;4*1-2H3. The van der Waals surface area contributed by atoms with Crippen LogP contribution in [0.1, 0.15) is 161 Å². The van der Waals surface area contributed by atoms with Crippen LogP contribution in [0.2, 0.25) is 0 Å². The van der Waals surface area contributed by atoms with Crippen molar-refractivity contribution in [1.82, 2.24) is 15.1 Å². The molecular formula is C45H101N3O4. The molecule has 0 bridgehead atoms. The molecule has 0 amide bonds. The average molecular weight is 748 g/mol. The van der Waals surface area contributed by atoms with Crippen LogP contribution in [-0.2, 0) is 25.5 Å². The Balaban J connectivity index is -0.0000000952. The molecule has 1 aromatic rings. The van der Waals surface area contributed by atoms with Crippen LogP contribution in [0, 0.1) is 0 Å². The van der Waals surface area contributed by atoms with E-state index in [1.807, 2.05) is 82.2 Å². The Morgan fingerprint density at radius 1 is 0.500 bits per heavy atom.